The van der Waals surface area contributed by atoms with Crippen LogP contribution in [0.3, 0.4) is 0 Å². The largest absolute Gasteiger partial charge is 0.398 e. The molecule has 0 spiro atoms. The summed E-state index contributed by atoms with van der Waals surface area (Å²) in [6, 6.07) is 15.4. The van der Waals surface area contributed by atoms with Gasteiger partial charge in [0.15, 0.2) is 0 Å². The number of carbonyl (C=O) groups is 1. The number of nitrogens with one attached hydrogen (secondary N) is 1. The number of hydrogen-bond donors (Lipinski definition) is 2. The van der Waals surface area contributed by atoms with Crippen LogP contribution in [0.1, 0.15) is 41.4 Å². The molecule has 0 aliphatic carbocycles. The number of hydrogen-bond acceptors (Lipinski definition) is 2. The molecule has 1 atom stereocenters. The van der Waals surface area contributed by atoms with E-state index in [2.05, 4.69) is 19.2 Å². The van der Waals surface area contributed by atoms with E-state index in [1.165, 1.54) is 0 Å². The summed E-state index contributed by atoms with van der Waals surface area (Å²) in [6.07, 6.45) is 0. The van der Waals surface area contributed by atoms with Gasteiger partial charge in [0.25, 0.3) is 5.91 Å². The van der Waals surface area contributed by atoms with E-state index >= 15 is 0 Å². The second-order valence-corrected chi connectivity index (χ2v) is 5.68. The zero-order valence-corrected chi connectivity index (χ0v) is 12.8. The fourth-order valence-corrected chi connectivity index (χ4v) is 2.30. The molecule has 3 nitrogen and oxygen atoms in total. The minimum atomic E-state index is -0.0933. The molecule has 2 aromatic carbocycles. The van der Waals surface area contributed by atoms with Gasteiger partial charge in [0.1, 0.15) is 0 Å². The average Bonchev–Trinajstić information content (AvgIpc) is 2.48. The third-order valence-electron chi connectivity index (χ3n) is 3.65. The van der Waals surface area contributed by atoms with Crippen LogP contribution in [0.4, 0.5) is 5.69 Å². The van der Waals surface area contributed by atoms with Gasteiger partial charge in [-0.15, -0.1) is 0 Å². The number of amides is 1. The van der Waals surface area contributed by atoms with E-state index in [4.69, 9.17) is 5.73 Å². The Morgan fingerprint density at radius 2 is 1.76 bits per heavy atom. The van der Waals surface area contributed by atoms with Crippen molar-refractivity contribution in [3.8, 4) is 0 Å². The van der Waals surface area contributed by atoms with Crippen molar-refractivity contribution in [2.75, 3.05) is 5.73 Å². The van der Waals surface area contributed by atoms with E-state index < -0.39 is 0 Å². The predicted octanol–water partition coefficient (Wildman–Crippen LogP) is 3.70. The highest BCUT2D eigenvalue weighted by Crippen LogP contribution is 2.22. The molecule has 21 heavy (non-hydrogen) atoms. The molecule has 3 N–H and O–H groups in total. The molecular formula is C18H22N2O. The monoisotopic (exact) mass is 282 g/mol. The Morgan fingerprint density at radius 3 is 2.33 bits per heavy atom. The summed E-state index contributed by atoms with van der Waals surface area (Å²) in [5.41, 5.74) is 9.21. The fraction of sp³-hybridized carbons (Fsp3) is 0.278. The Bertz CT molecular complexity index is 620. The van der Waals surface area contributed by atoms with Gasteiger partial charge in [0, 0.05) is 11.3 Å². The van der Waals surface area contributed by atoms with E-state index in [1.54, 1.807) is 6.07 Å². The third-order valence-corrected chi connectivity index (χ3v) is 3.65. The van der Waals surface area contributed by atoms with Crippen molar-refractivity contribution in [1.82, 2.24) is 5.32 Å². The molecule has 1 amide bonds. The Balaban J connectivity index is 2.21. The molecular weight excluding hydrogens is 260 g/mol. The van der Waals surface area contributed by atoms with Gasteiger partial charge in [-0.25, -0.2) is 0 Å². The molecule has 110 valence electrons. The molecule has 0 radical (unpaired) electrons. The number of rotatable bonds is 4. The van der Waals surface area contributed by atoms with Gasteiger partial charge in [0.2, 0.25) is 0 Å². The van der Waals surface area contributed by atoms with Crippen molar-refractivity contribution in [1.29, 1.82) is 0 Å². The molecule has 0 aromatic heterocycles. The lowest BCUT2D eigenvalue weighted by atomic mass is 9.95. The maximum Gasteiger partial charge on any atom is 0.251 e. The summed E-state index contributed by atoms with van der Waals surface area (Å²) >= 11 is 0. The number of nitrogen functional groups attached to an aromatic ring is 1. The molecule has 1 unspecified atom stereocenters. The van der Waals surface area contributed by atoms with E-state index in [0.29, 0.717) is 17.2 Å². The zero-order chi connectivity index (χ0) is 15.4. The molecule has 0 aliphatic heterocycles. The lowest BCUT2D eigenvalue weighted by Crippen LogP contribution is -2.31. The number of carbonyl (C=O) groups excluding carboxylic acids is 1. The SMILES string of the molecule is Cc1ccc(C(=O)NC(c2ccccc2)C(C)C)cc1N. The summed E-state index contributed by atoms with van der Waals surface area (Å²) < 4.78 is 0. The van der Waals surface area contributed by atoms with Gasteiger partial charge in [-0.1, -0.05) is 50.2 Å². The van der Waals surface area contributed by atoms with E-state index in [1.807, 2.05) is 49.4 Å². The smallest absolute Gasteiger partial charge is 0.251 e. The lowest BCUT2D eigenvalue weighted by molar-refractivity contribution is 0.0925. The Morgan fingerprint density at radius 1 is 1.10 bits per heavy atom. The molecule has 3 heteroatoms. The lowest BCUT2D eigenvalue weighted by Gasteiger charge is -2.23. The summed E-state index contributed by atoms with van der Waals surface area (Å²) in [5, 5.41) is 3.10. The van der Waals surface area contributed by atoms with Crippen LogP contribution in [0, 0.1) is 12.8 Å². The number of anilines is 1. The van der Waals surface area contributed by atoms with Gasteiger partial charge < -0.3 is 11.1 Å². The van der Waals surface area contributed by atoms with E-state index in [9.17, 15) is 4.79 Å². The Labute approximate surface area is 126 Å². The van der Waals surface area contributed by atoms with Gasteiger partial charge in [-0.3, -0.25) is 4.79 Å². The zero-order valence-electron chi connectivity index (χ0n) is 12.8. The van der Waals surface area contributed by atoms with Gasteiger partial charge in [-0.2, -0.15) is 0 Å². The van der Waals surface area contributed by atoms with Crippen molar-refractivity contribution in [2.45, 2.75) is 26.8 Å². The molecule has 2 rings (SSSR count). The van der Waals surface area contributed by atoms with Crippen LogP contribution in [-0.2, 0) is 0 Å². The molecule has 2 aromatic rings. The van der Waals surface area contributed by atoms with Crippen molar-refractivity contribution in [3.05, 3.63) is 65.2 Å². The molecule has 0 saturated carbocycles. The minimum absolute atomic E-state index is 0.0128. The average molecular weight is 282 g/mol. The standard InChI is InChI=1S/C18H22N2O/c1-12(2)17(14-7-5-4-6-8-14)20-18(21)15-10-9-13(3)16(19)11-15/h4-12,17H,19H2,1-3H3,(H,20,21). The van der Waals surface area contributed by atoms with Crippen LogP contribution in [0.25, 0.3) is 0 Å². The van der Waals surface area contributed by atoms with Crippen molar-refractivity contribution in [3.63, 3.8) is 0 Å². The topological polar surface area (TPSA) is 55.1 Å². The first-order valence-electron chi connectivity index (χ1n) is 7.21. The van der Waals surface area contributed by atoms with Gasteiger partial charge >= 0.3 is 0 Å². The number of nitrogens with two attached hydrogens (primary N) is 1. The maximum atomic E-state index is 12.4. The summed E-state index contributed by atoms with van der Waals surface area (Å²) in [4.78, 5) is 12.4. The highest BCUT2D eigenvalue weighted by atomic mass is 16.1. The first kappa shape index (κ1) is 15.1. The minimum Gasteiger partial charge on any atom is -0.398 e. The van der Waals surface area contributed by atoms with E-state index in [0.717, 1.165) is 11.1 Å². The summed E-state index contributed by atoms with van der Waals surface area (Å²) in [7, 11) is 0. The number of benzene rings is 2. The second kappa shape index (κ2) is 6.44. The Hall–Kier alpha value is -2.29. The first-order valence-corrected chi connectivity index (χ1v) is 7.21. The predicted molar refractivity (Wildman–Crippen MR) is 87.1 cm³/mol. The van der Waals surface area contributed by atoms with Crippen molar-refractivity contribution < 1.29 is 4.79 Å². The van der Waals surface area contributed by atoms with Crippen molar-refractivity contribution in [2.24, 2.45) is 5.92 Å². The fourth-order valence-electron chi connectivity index (χ4n) is 2.30. The van der Waals surface area contributed by atoms with Crippen LogP contribution in [0.15, 0.2) is 48.5 Å². The molecule has 0 fully saturated rings. The molecule has 0 heterocycles. The van der Waals surface area contributed by atoms with Crippen LogP contribution in [-0.4, -0.2) is 5.91 Å². The van der Waals surface area contributed by atoms with Crippen LogP contribution >= 0.6 is 0 Å². The molecule has 0 aliphatic rings. The van der Waals surface area contributed by atoms with Crippen LogP contribution in [0.5, 0.6) is 0 Å². The highest BCUT2D eigenvalue weighted by molar-refractivity contribution is 5.95. The number of aryl methyl sites for hydroxylation is 1. The maximum absolute atomic E-state index is 12.4. The third kappa shape index (κ3) is 3.63. The summed E-state index contributed by atoms with van der Waals surface area (Å²) in [5.74, 6) is 0.211. The van der Waals surface area contributed by atoms with Gasteiger partial charge in [-0.05, 0) is 36.1 Å². The summed E-state index contributed by atoms with van der Waals surface area (Å²) in [6.45, 7) is 6.13. The van der Waals surface area contributed by atoms with Crippen LogP contribution in [0.2, 0.25) is 0 Å². The Kier molecular flexibility index (Phi) is 4.63. The van der Waals surface area contributed by atoms with Crippen LogP contribution < -0.4 is 11.1 Å². The first-order chi connectivity index (χ1) is 9.99. The van der Waals surface area contributed by atoms with Crippen molar-refractivity contribution >= 4 is 11.6 Å². The van der Waals surface area contributed by atoms with E-state index in [-0.39, 0.29) is 11.9 Å². The van der Waals surface area contributed by atoms with Gasteiger partial charge in [0.05, 0.1) is 6.04 Å². The molecule has 0 saturated heterocycles. The highest BCUT2D eigenvalue weighted by Gasteiger charge is 2.19. The quantitative estimate of drug-likeness (QED) is 0.840. The normalized spacial score (nSPS) is 12.2. The second-order valence-electron chi connectivity index (χ2n) is 5.68. The molecule has 0 bridgehead atoms.